The fourth-order valence-electron chi connectivity index (χ4n) is 3.80. The van der Waals surface area contributed by atoms with Crippen molar-refractivity contribution in [3.05, 3.63) is 111 Å². The number of aliphatic hydroxyl groups is 1. The lowest BCUT2D eigenvalue weighted by Gasteiger charge is -2.15. The van der Waals surface area contributed by atoms with E-state index in [0.29, 0.717) is 5.02 Å². The van der Waals surface area contributed by atoms with Gasteiger partial charge in [0.05, 0.1) is 11.2 Å². The number of aromatic nitrogens is 2. The van der Waals surface area contributed by atoms with Gasteiger partial charge in [-0.2, -0.15) is 0 Å². The highest BCUT2D eigenvalue weighted by Crippen LogP contribution is 2.34. The molecule has 0 aliphatic carbocycles. The molecule has 2 aromatic heterocycles. The second-order valence-electron chi connectivity index (χ2n) is 7.59. The Kier molecular flexibility index (Phi) is 5.39. The Morgan fingerprint density at radius 2 is 1.69 bits per heavy atom. The van der Waals surface area contributed by atoms with Crippen LogP contribution in [0.25, 0.3) is 32.7 Å². The fraction of sp³-hybridized carbons (Fsp3) is 0.0769. The summed E-state index contributed by atoms with van der Waals surface area (Å²) in [4.78, 5) is 17.5. The molecule has 5 aromatic rings. The van der Waals surface area contributed by atoms with Crippen molar-refractivity contribution in [2.75, 3.05) is 0 Å². The van der Waals surface area contributed by atoms with Crippen LogP contribution in [0.15, 0.2) is 89.0 Å². The highest BCUT2D eigenvalue weighted by Gasteiger charge is 2.16. The van der Waals surface area contributed by atoms with Crippen LogP contribution in [-0.4, -0.2) is 14.7 Å². The zero-order valence-electron chi connectivity index (χ0n) is 17.2. The summed E-state index contributed by atoms with van der Waals surface area (Å²) < 4.78 is 1.61. The molecule has 4 nitrogen and oxygen atoms in total. The van der Waals surface area contributed by atoms with Gasteiger partial charge in [-0.25, -0.2) is 4.98 Å². The normalized spacial score (nSPS) is 12.2. The number of fused-ring (bicyclic) bond motifs is 1. The quantitative estimate of drug-likeness (QED) is 0.356. The van der Waals surface area contributed by atoms with Gasteiger partial charge in [0.1, 0.15) is 11.1 Å². The summed E-state index contributed by atoms with van der Waals surface area (Å²) in [6.07, 6.45) is -0.807. The molecule has 2 heterocycles. The Balaban J connectivity index is 1.65. The van der Waals surface area contributed by atoms with Crippen molar-refractivity contribution in [3.8, 4) is 21.8 Å². The summed E-state index contributed by atoms with van der Waals surface area (Å²) in [6.45, 7) is 0. The Morgan fingerprint density at radius 3 is 2.44 bits per heavy atom. The maximum absolute atomic E-state index is 12.7. The van der Waals surface area contributed by atoms with Gasteiger partial charge in [-0.3, -0.25) is 4.79 Å². The van der Waals surface area contributed by atoms with Crippen LogP contribution in [0, 0.1) is 0 Å². The van der Waals surface area contributed by atoms with E-state index in [0.717, 1.165) is 43.9 Å². The molecular formula is C26H19ClN2O2S. The molecule has 0 aliphatic rings. The van der Waals surface area contributed by atoms with E-state index in [4.69, 9.17) is 16.6 Å². The highest BCUT2D eigenvalue weighted by molar-refractivity contribution is 7.13. The molecule has 0 spiro atoms. The molecular weight excluding hydrogens is 440 g/mol. The summed E-state index contributed by atoms with van der Waals surface area (Å²) in [7, 11) is 1.75. The van der Waals surface area contributed by atoms with Crippen LogP contribution >= 0.6 is 22.9 Å². The van der Waals surface area contributed by atoms with Crippen LogP contribution in [0.3, 0.4) is 0 Å². The topological polar surface area (TPSA) is 55.1 Å². The van der Waals surface area contributed by atoms with Crippen LogP contribution in [-0.2, 0) is 7.05 Å². The van der Waals surface area contributed by atoms with Crippen LogP contribution in [0.4, 0.5) is 0 Å². The Bertz CT molecular complexity index is 1470. The first-order valence-electron chi connectivity index (χ1n) is 10.1. The van der Waals surface area contributed by atoms with Crippen molar-refractivity contribution in [1.82, 2.24) is 9.55 Å². The molecule has 3 aromatic carbocycles. The minimum atomic E-state index is -0.807. The van der Waals surface area contributed by atoms with Crippen molar-refractivity contribution < 1.29 is 5.11 Å². The number of pyridine rings is 1. The molecule has 32 heavy (non-hydrogen) atoms. The molecule has 0 bridgehead atoms. The molecule has 1 N–H and O–H groups in total. The van der Waals surface area contributed by atoms with Gasteiger partial charge in [0.15, 0.2) is 0 Å². The third-order valence-corrected chi connectivity index (χ3v) is 6.70. The van der Waals surface area contributed by atoms with E-state index in [9.17, 15) is 9.90 Å². The van der Waals surface area contributed by atoms with E-state index in [1.54, 1.807) is 29.8 Å². The van der Waals surface area contributed by atoms with Gasteiger partial charge in [0.25, 0.3) is 5.56 Å². The number of benzene rings is 3. The largest absolute Gasteiger partial charge is 0.384 e. The van der Waals surface area contributed by atoms with E-state index in [2.05, 4.69) is 0 Å². The lowest BCUT2D eigenvalue weighted by atomic mass is 9.98. The molecule has 0 radical (unpaired) electrons. The molecule has 0 saturated heterocycles. The number of thiazole rings is 1. The minimum absolute atomic E-state index is 0.102. The highest BCUT2D eigenvalue weighted by atomic mass is 35.5. The summed E-state index contributed by atoms with van der Waals surface area (Å²) in [6, 6.07) is 24.4. The molecule has 158 valence electrons. The average Bonchev–Trinajstić information content (AvgIpc) is 3.32. The molecule has 5 rings (SSSR count). The first-order chi connectivity index (χ1) is 15.5. The predicted octanol–water partition coefficient (Wildman–Crippen LogP) is 6.06. The monoisotopic (exact) mass is 458 g/mol. The lowest BCUT2D eigenvalue weighted by Crippen LogP contribution is -2.16. The molecule has 6 heteroatoms. The van der Waals surface area contributed by atoms with Gasteiger partial charge in [0, 0.05) is 40.0 Å². The van der Waals surface area contributed by atoms with E-state index >= 15 is 0 Å². The molecule has 1 atom stereocenters. The van der Waals surface area contributed by atoms with E-state index < -0.39 is 6.10 Å². The van der Waals surface area contributed by atoms with Crippen LogP contribution in [0.1, 0.15) is 17.2 Å². The number of halogens is 1. The smallest absolute Gasteiger partial charge is 0.251 e. The SMILES string of the molecule is Cn1c(=O)cc(-c2nc(-c3ccccc3)cs2)c2cc(C(O)c3ccc(Cl)cc3)ccc21. The van der Waals surface area contributed by atoms with Gasteiger partial charge < -0.3 is 9.67 Å². The van der Waals surface area contributed by atoms with Crippen molar-refractivity contribution in [1.29, 1.82) is 0 Å². The lowest BCUT2D eigenvalue weighted by molar-refractivity contribution is 0.220. The third kappa shape index (κ3) is 3.75. The number of hydrogen-bond acceptors (Lipinski definition) is 4. The molecule has 0 fully saturated rings. The van der Waals surface area contributed by atoms with Crippen LogP contribution < -0.4 is 5.56 Å². The maximum Gasteiger partial charge on any atom is 0.251 e. The van der Waals surface area contributed by atoms with Crippen LogP contribution in [0.2, 0.25) is 5.02 Å². The van der Waals surface area contributed by atoms with Crippen molar-refractivity contribution in [3.63, 3.8) is 0 Å². The molecule has 0 saturated carbocycles. The van der Waals surface area contributed by atoms with E-state index in [1.807, 2.05) is 66.0 Å². The average molecular weight is 459 g/mol. The Hall–Kier alpha value is -3.25. The summed E-state index contributed by atoms with van der Waals surface area (Å²) in [5.41, 5.74) is 4.84. The van der Waals surface area contributed by atoms with Crippen molar-refractivity contribution in [2.45, 2.75) is 6.10 Å². The summed E-state index contributed by atoms with van der Waals surface area (Å²) >= 11 is 7.49. The second-order valence-corrected chi connectivity index (χ2v) is 8.88. The standard InChI is InChI=1S/C26H19ClN2O2S/c1-29-23-12-9-18(25(31)17-7-10-19(27)11-8-17)13-20(23)21(14-24(29)30)26-28-22(15-32-26)16-5-3-2-4-6-16/h2-15,25,31H,1H3. The number of aryl methyl sites for hydroxylation is 1. The van der Waals surface area contributed by atoms with E-state index in [1.165, 1.54) is 11.3 Å². The van der Waals surface area contributed by atoms with Crippen molar-refractivity contribution >= 4 is 33.8 Å². The summed E-state index contributed by atoms with van der Waals surface area (Å²) in [5.74, 6) is 0. The number of rotatable bonds is 4. The number of nitrogens with zero attached hydrogens (tertiary/aromatic N) is 2. The van der Waals surface area contributed by atoms with Gasteiger partial charge in [-0.1, -0.05) is 60.1 Å². The maximum atomic E-state index is 12.7. The molecule has 0 aliphatic heterocycles. The molecule has 1 unspecified atom stereocenters. The Labute approximate surface area is 194 Å². The zero-order valence-corrected chi connectivity index (χ0v) is 18.8. The van der Waals surface area contributed by atoms with Crippen LogP contribution in [0.5, 0.6) is 0 Å². The first kappa shape index (κ1) is 20.6. The number of hydrogen-bond donors (Lipinski definition) is 1. The number of aliphatic hydroxyl groups excluding tert-OH is 1. The van der Waals surface area contributed by atoms with E-state index in [-0.39, 0.29) is 5.56 Å². The van der Waals surface area contributed by atoms with Gasteiger partial charge in [0.2, 0.25) is 0 Å². The first-order valence-corrected chi connectivity index (χ1v) is 11.4. The Morgan fingerprint density at radius 1 is 0.969 bits per heavy atom. The molecule has 0 amide bonds. The van der Waals surface area contributed by atoms with Gasteiger partial charge in [-0.05, 0) is 35.4 Å². The third-order valence-electron chi connectivity index (χ3n) is 5.58. The second kappa shape index (κ2) is 8.36. The fourth-order valence-corrected chi connectivity index (χ4v) is 4.79. The summed E-state index contributed by atoms with van der Waals surface area (Å²) in [5, 5.41) is 15.2. The van der Waals surface area contributed by atoms with Crippen molar-refractivity contribution in [2.24, 2.45) is 7.05 Å². The van der Waals surface area contributed by atoms with Gasteiger partial charge in [-0.15, -0.1) is 11.3 Å². The van der Waals surface area contributed by atoms with Gasteiger partial charge >= 0.3 is 0 Å². The predicted molar refractivity (Wildman–Crippen MR) is 131 cm³/mol. The minimum Gasteiger partial charge on any atom is -0.384 e. The zero-order chi connectivity index (χ0) is 22.2.